The van der Waals surface area contributed by atoms with Gasteiger partial charge in [0.1, 0.15) is 17.3 Å². The topological polar surface area (TPSA) is 71.8 Å². The number of hydrogen-bond donors (Lipinski definition) is 1. The normalized spacial score (nSPS) is 15.4. The van der Waals surface area contributed by atoms with Crippen LogP contribution in [0.2, 0.25) is 5.02 Å². The number of nitrogens with one attached hydrogen (secondary N) is 1. The number of para-hydroxylation sites is 2. The van der Waals surface area contributed by atoms with Crippen molar-refractivity contribution >= 4 is 29.1 Å². The van der Waals surface area contributed by atoms with Crippen LogP contribution in [0.5, 0.6) is 5.75 Å². The van der Waals surface area contributed by atoms with E-state index < -0.39 is 6.10 Å². The average Bonchev–Trinajstić information content (AvgIpc) is 3.20. The van der Waals surface area contributed by atoms with Crippen molar-refractivity contribution in [2.45, 2.75) is 19.6 Å². The highest BCUT2D eigenvalue weighted by Gasteiger charge is 2.32. The van der Waals surface area contributed by atoms with Crippen LogP contribution in [0, 0.1) is 0 Å². The molecule has 2 amide bonds. The summed E-state index contributed by atoms with van der Waals surface area (Å²) < 4.78 is 11.6. The molecular formula is C22H19ClN2O4. The molecule has 0 fully saturated rings. The van der Waals surface area contributed by atoms with E-state index >= 15 is 0 Å². The molecule has 2 heterocycles. The Kier molecular flexibility index (Phi) is 5.27. The van der Waals surface area contributed by atoms with Crippen molar-refractivity contribution in [3.05, 3.63) is 71.4 Å². The van der Waals surface area contributed by atoms with Gasteiger partial charge in [-0.15, -0.1) is 0 Å². The second-order valence-electron chi connectivity index (χ2n) is 6.69. The summed E-state index contributed by atoms with van der Waals surface area (Å²) in [5, 5.41) is 3.47. The van der Waals surface area contributed by atoms with Crippen LogP contribution in [0.15, 0.2) is 65.1 Å². The summed E-state index contributed by atoms with van der Waals surface area (Å²) in [7, 11) is 0. The number of carbonyl (C=O) groups is 2. The van der Waals surface area contributed by atoms with Crippen LogP contribution in [-0.4, -0.2) is 24.5 Å². The fraction of sp³-hybridized carbons (Fsp3) is 0.182. The number of benzene rings is 2. The molecule has 0 saturated heterocycles. The molecule has 0 unspecified atom stereocenters. The number of amides is 2. The highest BCUT2D eigenvalue weighted by Crippen LogP contribution is 2.33. The molecule has 4 rings (SSSR count). The van der Waals surface area contributed by atoms with E-state index in [1.807, 2.05) is 30.3 Å². The lowest BCUT2D eigenvalue weighted by atomic mass is 10.1. The molecule has 0 radical (unpaired) electrons. The van der Waals surface area contributed by atoms with Crippen molar-refractivity contribution in [2.75, 3.05) is 11.4 Å². The Balaban J connectivity index is 1.41. The predicted octanol–water partition coefficient (Wildman–Crippen LogP) is 4.03. The average molecular weight is 411 g/mol. The first-order valence-corrected chi connectivity index (χ1v) is 9.55. The Labute approximate surface area is 173 Å². The largest absolute Gasteiger partial charge is 0.477 e. The van der Waals surface area contributed by atoms with E-state index in [0.29, 0.717) is 28.0 Å². The standard InChI is InChI=1S/C22H19ClN2O4/c1-14(26)25-13-21(29-20-5-3-2-4-18(20)25)22(27)24-12-17-10-11-19(28-17)15-6-8-16(23)9-7-15/h2-11,21H,12-13H2,1H3,(H,24,27)/t21-/m1/s1. The first-order valence-electron chi connectivity index (χ1n) is 9.17. The van der Waals surface area contributed by atoms with Gasteiger partial charge in [0.05, 0.1) is 18.8 Å². The molecule has 3 aromatic rings. The van der Waals surface area contributed by atoms with Crippen molar-refractivity contribution in [1.82, 2.24) is 5.32 Å². The Morgan fingerprint density at radius 3 is 2.62 bits per heavy atom. The number of carbonyl (C=O) groups excluding carboxylic acids is 2. The van der Waals surface area contributed by atoms with Crippen LogP contribution in [0.4, 0.5) is 5.69 Å². The van der Waals surface area contributed by atoms with Crippen molar-refractivity contribution in [2.24, 2.45) is 0 Å². The minimum absolute atomic E-state index is 0.141. The number of nitrogens with zero attached hydrogens (tertiary/aromatic N) is 1. The van der Waals surface area contributed by atoms with E-state index in [0.717, 1.165) is 5.56 Å². The summed E-state index contributed by atoms with van der Waals surface area (Å²) in [6, 6.07) is 18.1. The molecule has 1 N–H and O–H groups in total. The van der Waals surface area contributed by atoms with Gasteiger partial charge in [0, 0.05) is 17.5 Å². The van der Waals surface area contributed by atoms with E-state index in [1.54, 1.807) is 35.2 Å². The lowest BCUT2D eigenvalue weighted by Crippen LogP contribution is -2.50. The molecule has 0 bridgehead atoms. The van der Waals surface area contributed by atoms with Gasteiger partial charge >= 0.3 is 0 Å². The summed E-state index contributed by atoms with van der Waals surface area (Å²) in [5.41, 5.74) is 1.57. The first-order chi connectivity index (χ1) is 14.0. The number of ether oxygens (including phenoxy) is 1. The third-order valence-electron chi connectivity index (χ3n) is 4.67. The summed E-state index contributed by atoms with van der Waals surface area (Å²) in [6.07, 6.45) is -0.792. The number of hydrogen-bond acceptors (Lipinski definition) is 4. The van der Waals surface area contributed by atoms with Gasteiger partial charge in [-0.05, 0) is 48.5 Å². The maximum atomic E-state index is 12.6. The number of rotatable bonds is 4. The van der Waals surface area contributed by atoms with Gasteiger partial charge in [-0.25, -0.2) is 0 Å². The quantitative estimate of drug-likeness (QED) is 0.704. The van der Waals surface area contributed by atoms with Gasteiger partial charge in [-0.3, -0.25) is 9.59 Å². The summed E-state index contributed by atoms with van der Waals surface area (Å²) in [4.78, 5) is 26.2. The molecule has 29 heavy (non-hydrogen) atoms. The molecule has 6 nitrogen and oxygen atoms in total. The Morgan fingerprint density at radius 2 is 1.86 bits per heavy atom. The van der Waals surface area contributed by atoms with Crippen molar-refractivity contribution in [3.63, 3.8) is 0 Å². The number of furan rings is 1. The second kappa shape index (κ2) is 8.01. The van der Waals surface area contributed by atoms with E-state index in [1.165, 1.54) is 6.92 Å². The lowest BCUT2D eigenvalue weighted by molar-refractivity contribution is -0.128. The molecule has 1 aliphatic heterocycles. The minimum Gasteiger partial charge on any atom is -0.477 e. The van der Waals surface area contributed by atoms with Crippen molar-refractivity contribution in [3.8, 4) is 17.1 Å². The van der Waals surface area contributed by atoms with Crippen molar-refractivity contribution < 1.29 is 18.7 Å². The van der Waals surface area contributed by atoms with Crippen LogP contribution in [0.1, 0.15) is 12.7 Å². The Bertz CT molecular complexity index is 1040. The zero-order valence-electron chi connectivity index (χ0n) is 15.7. The number of halogens is 1. The van der Waals surface area contributed by atoms with Gasteiger partial charge in [0.15, 0.2) is 6.10 Å². The van der Waals surface area contributed by atoms with Gasteiger partial charge in [-0.1, -0.05) is 23.7 Å². The number of anilines is 1. The molecule has 1 aromatic heterocycles. The highest BCUT2D eigenvalue weighted by atomic mass is 35.5. The van der Waals surface area contributed by atoms with E-state index in [4.69, 9.17) is 20.8 Å². The SMILES string of the molecule is CC(=O)N1C[C@H](C(=O)NCc2ccc(-c3ccc(Cl)cc3)o2)Oc2ccccc21. The fourth-order valence-electron chi connectivity index (χ4n) is 3.20. The molecule has 0 spiro atoms. The molecule has 0 aliphatic carbocycles. The summed E-state index contributed by atoms with van der Waals surface area (Å²) in [5.74, 6) is 1.36. The van der Waals surface area contributed by atoms with Crippen LogP contribution >= 0.6 is 11.6 Å². The van der Waals surface area contributed by atoms with Crippen LogP contribution < -0.4 is 15.0 Å². The van der Waals surface area contributed by atoms with Crippen LogP contribution in [0.3, 0.4) is 0 Å². The van der Waals surface area contributed by atoms with Gasteiger partial charge < -0.3 is 19.4 Å². The monoisotopic (exact) mass is 410 g/mol. The molecule has 148 valence electrons. The maximum Gasteiger partial charge on any atom is 0.263 e. The van der Waals surface area contributed by atoms with Crippen molar-refractivity contribution in [1.29, 1.82) is 0 Å². The fourth-order valence-corrected chi connectivity index (χ4v) is 3.33. The van der Waals surface area contributed by atoms with E-state index in [-0.39, 0.29) is 24.9 Å². The molecule has 0 saturated carbocycles. The van der Waals surface area contributed by atoms with E-state index in [9.17, 15) is 9.59 Å². The Morgan fingerprint density at radius 1 is 1.10 bits per heavy atom. The maximum absolute atomic E-state index is 12.6. The van der Waals surface area contributed by atoms with Crippen LogP contribution in [0.25, 0.3) is 11.3 Å². The smallest absolute Gasteiger partial charge is 0.263 e. The first kappa shape index (κ1) is 19.1. The van der Waals surface area contributed by atoms with Crippen LogP contribution in [-0.2, 0) is 16.1 Å². The molecule has 1 atom stereocenters. The third kappa shape index (κ3) is 4.12. The van der Waals surface area contributed by atoms with Gasteiger partial charge in [0.25, 0.3) is 5.91 Å². The highest BCUT2D eigenvalue weighted by molar-refractivity contribution is 6.30. The Hall–Kier alpha value is -3.25. The number of fused-ring (bicyclic) bond motifs is 1. The van der Waals surface area contributed by atoms with E-state index in [2.05, 4.69) is 5.32 Å². The predicted molar refractivity (Wildman–Crippen MR) is 110 cm³/mol. The molecule has 7 heteroatoms. The summed E-state index contributed by atoms with van der Waals surface area (Å²) >= 11 is 5.91. The third-order valence-corrected chi connectivity index (χ3v) is 4.93. The molecule has 2 aromatic carbocycles. The second-order valence-corrected chi connectivity index (χ2v) is 7.13. The molecule has 1 aliphatic rings. The zero-order valence-corrected chi connectivity index (χ0v) is 16.5. The zero-order chi connectivity index (χ0) is 20.4. The molecular weight excluding hydrogens is 392 g/mol. The van der Waals surface area contributed by atoms with Gasteiger partial charge in [-0.2, -0.15) is 0 Å². The lowest BCUT2D eigenvalue weighted by Gasteiger charge is -2.33. The summed E-state index contributed by atoms with van der Waals surface area (Å²) in [6.45, 7) is 1.85. The van der Waals surface area contributed by atoms with Gasteiger partial charge in [0.2, 0.25) is 5.91 Å². The minimum atomic E-state index is -0.792.